The van der Waals surface area contributed by atoms with Crippen molar-refractivity contribution in [3.8, 4) is 0 Å². The lowest BCUT2D eigenvalue weighted by Crippen LogP contribution is -2.19. The molecule has 0 amide bonds. The minimum Gasteiger partial charge on any atom is -0.207 e. The van der Waals surface area contributed by atoms with Gasteiger partial charge in [0.1, 0.15) is 5.82 Å². The number of benzene rings is 2. The zero-order valence-corrected chi connectivity index (χ0v) is 13.7. The van der Waals surface area contributed by atoms with E-state index >= 15 is 0 Å². The van der Waals surface area contributed by atoms with Gasteiger partial charge >= 0.3 is 0 Å². The van der Waals surface area contributed by atoms with Gasteiger partial charge in [-0.1, -0.05) is 40.9 Å². The van der Waals surface area contributed by atoms with Crippen LogP contribution in [0.15, 0.2) is 52.5 Å². The van der Waals surface area contributed by atoms with Crippen LogP contribution in [0, 0.1) is 12.7 Å². The Morgan fingerprint density at radius 2 is 1.82 bits per heavy atom. The summed E-state index contributed by atoms with van der Waals surface area (Å²) in [7, 11) is -3.84. The molecule has 0 spiro atoms. The second-order valence-corrected chi connectivity index (χ2v) is 6.86. The first-order valence-electron chi connectivity index (χ1n) is 6.07. The number of nitrogens with one attached hydrogen (secondary N) is 1. The van der Waals surface area contributed by atoms with Gasteiger partial charge in [0, 0.05) is 5.56 Å². The van der Waals surface area contributed by atoms with E-state index in [1.807, 2.05) is 11.8 Å². The summed E-state index contributed by atoms with van der Waals surface area (Å²) in [5.41, 5.74) is 1.15. The molecule has 0 saturated heterocycles. The molecule has 0 atom stereocenters. The van der Waals surface area contributed by atoms with Crippen molar-refractivity contribution in [2.24, 2.45) is 5.10 Å². The van der Waals surface area contributed by atoms with E-state index < -0.39 is 15.8 Å². The van der Waals surface area contributed by atoms with Gasteiger partial charge in [-0.3, -0.25) is 0 Å². The molecule has 0 aliphatic carbocycles. The largest absolute Gasteiger partial charge is 0.276 e. The summed E-state index contributed by atoms with van der Waals surface area (Å²) in [6.45, 7) is 1.84. The van der Waals surface area contributed by atoms with E-state index in [2.05, 4.69) is 5.10 Å². The minimum absolute atomic E-state index is 0.0308. The van der Waals surface area contributed by atoms with E-state index in [1.54, 1.807) is 12.1 Å². The van der Waals surface area contributed by atoms with Crippen LogP contribution in [0.5, 0.6) is 0 Å². The van der Waals surface area contributed by atoms with Crippen LogP contribution in [-0.4, -0.2) is 13.6 Å². The number of rotatable bonds is 4. The van der Waals surface area contributed by atoms with E-state index in [0.717, 1.165) is 17.7 Å². The summed E-state index contributed by atoms with van der Waals surface area (Å²) >= 11 is 11.7. The van der Waals surface area contributed by atoms with E-state index in [9.17, 15) is 12.8 Å². The van der Waals surface area contributed by atoms with Crippen molar-refractivity contribution in [1.82, 2.24) is 4.83 Å². The van der Waals surface area contributed by atoms with Crippen LogP contribution < -0.4 is 4.83 Å². The lowest BCUT2D eigenvalue weighted by molar-refractivity contribution is 0.584. The smallest absolute Gasteiger partial charge is 0.207 e. The number of nitrogens with zero attached hydrogens (tertiary/aromatic N) is 1. The molecular weight excluding hydrogens is 350 g/mol. The fourth-order valence-electron chi connectivity index (χ4n) is 1.59. The first-order chi connectivity index (χ1) is 10.3. The number of hydrogen-bond donors (Lipinski definition) is 1. The van der Waals surface area contributed by atoms with Crippen molar-refractivity contribution in [2.45, 2.75) is 11.8 Å². The van der Waals surface area contributed by atoms with E-state index in [1.165, 1.54) is 18.2 Å². The predicted octanol–water partition coefficient (Wildman–Crippen LogP) is 3.67. The van der Waals surface area contributed by atoms with Crippen molar-refractivity contribution in [2.75, 3.05) is 0 Å². The third kappa shape index (κ3) is 3.97. The first kappa shape index (κ1) is 16.7. The molecule has 0 aliphatic heterocycles. The molecule has 22 heavy (non-hydrogen) atoms. The molecule has 8 heteroatoms. The van der Waals surface area contributed by atoms with Gasteiger partial charge in [0.05, 0.1) is 9.92 Å². The van der Waals surface area contributed by atoms with Crippen LogP contribution in [0.1, 0.15) is 11.1 Å². The van der Waals surface area contributed by atoms with Crippen molar-refractivity contribution in [3.05, 3.63) is 64.4 Å². The zero-order valence-electron chi connectivity index (χ0n) is 11.3. The highest BCUT2D eigenvalue weighted by molar-refractivity contribution is 7.89. The Morgan fingerprint density at radius 3 is 2.41 bits per heavy atom. The van der Waals surface area contributed by atoms with Crippen molar-refractivity contribution < 1.29 is 12.8 Å². The number of sulfonamides is 1. The van der Waals surface area contributed by atoms with Gasteiger partial charge in [0.2, 0.25) is 0 Å². The molecule has 1 N–H and O–H groups in total. The Labute approximate surface area is 137 Å². The quantitative estimate of drug-likeness (QED) is 0.667. The summed E-state index contributed by atoms with van der Waals surface area (Å²) in [4.78, 5) is 2.06. The zero-order chi connectivity index (χ0) is 16.3. The average Bonchev–Trinajstić information content (AvgIpc) is 2.45. The Kier molecular flexibility index (Phi) is 5.05. The molecule has 4 nitrogen and oxygen atoms in total. The number of halogens is 3. The molecule has 0 bridgehead atoms. The maximum Gasteiger partial charge on any atom is 0.276 e. The Morgan fingerprint density at radius 1 is 1.18 bits per heavy atom. The summed E-state index contributed by atoms with van der Waals surface area (Å²) in [6.07, 6.45) is 0. The van der Waals surface area contributed by atoms with Crippen molar-refractivity contribution in [3.63, 3.8) is 0 Å². The van der Waals surface area contributed by atoms with Crippen LogP contribution in [0.4, 0.5) is 4.39 Å². The fraction of sp³-hybridized carbons (Fsp3) is 0.0714. The van der Waals surface area contributed by atoms with Crippen LogP contribution in [0.2, 0.25) is 5.02 Å². The Balaban J connectivity index is 2.24. The van der Waals surface area contributed by atoms with Crippen LogP contribution >= 0.6 is 23.2 Å². The van der Waals surface area contributed by atoms with Crippen LogP contribution in [0.3, 0.4) is 0 Å². The summed E-state index contributed by atoms with van der Waals surface area (Å²) < 4.78 is 37.1. The summed E-state index contributed by atoms with van der Waals surface area (Å²) in [6, 6.07) is 9.74. The molecule has 0 aliphatic rings. The molecule has 0 fully saturated rings. The molecule has 0 aromatic heterocycles. The molecule has 0 heterocycles. The van der Waals surface area contributed by atoms with Gasteiger partial charge < -0.3 is 0 Å². The molecule has 116 valence electrons. The minimum atomic E-state index is -3.84. The van der Waals surface area contributed by atoms with Gasteiger partial charge in [-0.15, -0.1) is 0 Å². The number of hydrogen-bond acceptors (Lipinski definition) is 3. The topological polar surface area (TPSA) is 58.5 Å². The highest BCUT2D eigenvalue weighted by Crippen LogP contribution is 2.19. The van der Waals surface area contributed by atoms with Crippen molar-refractivity contribution in [1.29, 1.82) is 0 Å². The van der Waals surface area contributed by atoms with E-state index in [-0.39, 0.29) is 20.7 Å². The average molecular weight is 361 g/mol. The Bertz CT molecular complexity index is 821. The monoisotopic (exact) mass is 360 g/mol. The molecule has 0 saturated carbocycles. The maximum atomic E-state index is 13.0. The molecular formula is C14H11Cl2FN2O2S. The number of hydrazone groups is 1. The molecule has 0 unspecified atom stereocenters. The third-order valence-corrected chi connectivity index (χ3v) is 4.57. The molecule has 2 rings (SSSR count). The first-order valence-corrected chi connectivity index (χ1v) is 8.30. The van der Waals surface area contributed by atoms with Crippen LogP contribution in [-0.2, 0) is 10.0 Å². The highest BCUT2D eigenvalue weighted by Gasteiger charge is 2.14. The summed E-state index contributed by atoms with van der Waals surface area (Å²) in [5, 5.41) is 3.43. The van der Waals surface area contributed by atoms with Crippen molar-refractivity contribution >= 4 is 38.4 Å². The van der Waals surface area contributed by atoms with Gasteiger partial charge in [-0.25, -0.2) is 4.39 Å². The molecule has 0 radical (unpaired) electrons. The third-order valence-electron chi connectivity index (χ3n) is 2.75. The van der Waals surface area contributed by atoms with E-state index in [4.69, 9.17) is 23.2 Å². The second-order valence-electron chi connectivity index (χ2n) is 4.43. The predicted molar refractivity (Wildman–Crippen MR) is 85.3 cm³/mol. The second kappa shape index (κ2) is 6.64. The van der Waals surface area contributed by atoms with Gasteiger partial charge in [-0.05, 0) is 37.3 Å². The highest BCUT2D eigenvalue weighted by atomic mass is 35.5. The van der Waals surface area contributed by atoms with Gasteiger partial charge in [-0.2, -0.15) is 18.4 Å². The summed E-state index contributed by atoms with van der Waals surface area (Å²) in [5.74, 6) is -0.529. The normalized spacial score (nSPS) is 12.3. The Hall–Kier alpha value is -1.63. The molecule has 2 aromatic carbocycles. The van der Waals surface area contributed by atoms with Gasteiger partial charge in [0.25, 0.3) is 10.0 Å². The lowest BCUT2D eigenvalue weighted by Gasteiger charge is -2.06. The standard InChI is InChI=1S/C14H11Cl2FN2O2S/c1-9-2-5-11(6-3-9)22(20,21)19-18-14(16)12-7-4-10(17)8-13(12)15/h2-8,19H,1H3/b18-14-. The van der Waals surface area contributed by atoms with E-state index in [0.29, 0.717) is 0 Å². The molecule has 2 aromatic rings. The SMILES string of the molecule is Cc1ccc(S(=O)(=O)N/N=C(\Cl)c2ccc(F)cc2Cl)cc1. The number of aryl methyl sites for hydroxylation is 1. The maximum absolute atomic E-state index is 13.0. The van der Waals surface area contributed by atoms with Gasteiger partial charge in [0.15, 0.2) is 5.17 Å². The lowest BCUT2D eigenvalue weighted by atomic mass is 10.2. The fourth-order valence-corrected chi connectivity index (χ4v) is 2.96. The van der Waals surface area contributed by atoms with Crippen LogP contribution in [0.25, 0.3) is 0 Å².